The number of hydrogen-bond acceptors (Lipinski definition) is 5. The zero-order valence-electron chi connectivity index (χ0n) is 14.4. The molecule has 1 aliphatic heterocycles. The highest BCUT2D eigenvalue weighted by Gasteiger charge is 2.13. The van der Waals surface area contributed by atoms with Crippen LogP contribution in [0.5, 0.6) is 11.5 Å². The Balaban J connectivity index is 1.46. The lowest BCUT2D eigenvalue weighted by atomic mass is 10.1. The quantitative estimate of drug-likeness (QED) is 0.649. The first-order chi connectivity index (χ1) is 12.1. The van der Waals surface area contributed by atoms with Gasteiger partial charge in [0.1, 0.15) is 0 Å². The van der Waals surface area contributed by atoms with Gasteiger partial charge in [0.2, 0.25) is 12.7 Å². The fraction of sp³-hybridized carbons (Fsp3) is 0.263. The minimum atomic E-state index is -0.126. The SMILES string of the molecule is CN(C)c1ccc(/C=N/NC(=O)CCc2ccc3c(c2)OCO3)cc1. The number of hydrogen-bond donors (Lipinski definition) is 1. The van der Waals surface area contributed by atoms with E-state index < -0.39 is 0 Å². The maximum atomic E-state index is 11.9. The highest BCUT2D eigenvalue weighted by Crippen LogP contribution is 2.32. The Labute approximate surface area is 147 Å². The molecule has 6 heteroatoms. The van der Waals surface area contributed by atoms with Gasteiger partial charge in [-0.2, -0.15) is 5.10 Å². The molecule has 0 aliphatic carbocycles. The van der Waals surface area contributed by atoms with Crippen LogP contribution in [-0.2, 0) is 11.2 Å². The van der Waals surface area contributed by atoms with Crippen molar-refractivity contribution in [1.82, 2.24) is 5.43 Å². The lowest BCUT2D eigenvalue weighted by Gasteiger charge is -2.11. The summed E-state index contributed by atoms with van der Waals surface area (Å²) in [5.41, 5.74) is 5.63. The molecule has 1 N–H and O–H groups in total. The van der Waals surface area contributed by atoms with E-state index in [1.807, 2.05) is 61.5 Å². The van der Waals surface area contributed by atoms with Crippen molar-refractivity contribution in [2.24, 2.45) is 5.10 Å². The van der Waals surface area contributed by atoms with Crippen LogP contribution in [0.15, 0.2) is 47.6 Å². The van der Waals surface area contributed by atoms with Crippen LogP contribution in [-0.4, -0.2) is 33.0 Å². The summed E-state index contributed by atoms with van der Waals surface area (Å²) in [5, 5.41) is 4.00. The Kier molecular flexibility index (Phi) is 5.18. The second-order valence-corrected chi connectivity index (χ2v) is 5.97. The minimum absolute atomic E-state index is 0.126. The molecule has 1 amide bonds. The molecule has 0 radical (unpaired) electrons. The molecule has 0 spiro atoms. The van der Waals surface area contributed by atoms with E-state index in [4.69, 9.17) is 9.47 Å². The third kappa shape index (κ3) is 4.50. The van der Waals surface area contributed by atoms with Gasteiger partial charge < -0.3 is 14.4 Å². The van der Waals surface area contributed by atoms with Crippen LogP contribution < -0.4 is 19.8 Å². The summed E-state index contributed by atoms with van der Waals surface area (Å²) in [6.07, 6.45) is 2.62. The van der Waals surface area contributed by atoms with Crippen molar-refractivity contribution in [3.8, 4) is 11.5 Å². The topological polar surface area (TPSA) is 63.2 Å². The molecule has 2 aromatic carbocycles. The normalized spacial score (nSPS) is 12.4. The Morgan fingerprint density at radius 1 is 1.16 bits per heavy atom. The van der Waals surface area contributed by atoms with Crippen molar-refractivity contribution in [3.63, 3.8) is 0 Å². The van der Waals surface area contributed by atoms with Crippen LogP contribution in [0.2, 0.25) is 0 Å². The van der Waals surface area contributed by atoms with Crippen LogP contribution in [0.1, 0.15) is 17.5 Å². The van der Waals surface area contributed by atoms with E-state index >= 15 is 0 Å². The number of rotatable bonds is 6. The number of amides is 1. The molecule has 2 aromatic rings. The number of aryl methyl sites for hydroxylation is 1. The predicted molar refractivity (Wildman–Crippen MR) is 97.4 cm³/mol. The maximum Gasteiger partial charge on any atom is 0.240 e. The summed E-state index contributed by atoms with van der Waals surface area (Å²) < 4.78 is 10.6. The summed E-state index contributed by atoms with van der Waals surface area (Å²) in [5.74, 6) is 1.36. The van der Waals surface area contributed by atoms with Crippen LogP contribution in [0.4, 0.5) is 5.69 Å². The average Bonchev–Trinajstić information content (AvgIpc) is 3.08. The maximum absolute atomic E-state index is 11.9. The van der Waals surface area contributed by atoms with E-state index in [2.05, 4.69) is 10.5 Å². The summed E-state index contributed by atoms with van der Waals surface area (Å²) in [6, 6.07) is 13.6. The Hall–Kier alpha value is -3.02. The van der Waals surface area contributed by atoms with E-state index in [-0.39, 0.29) is 12.7 Å². The van der Waals surface area contributed by atoms with E-state index in [1.165, 1.54) is 0 Å². The molecule has 0 atom stereocenters. The third-order valence-electron chi connectivity index (χ3n) is 3.89. The van der Waals surface area contributed by atoms with E-state index in [1.54, 1.807) is 6.21 Å². The lowest BCUT2D eigenvalue weighted by Crippen LogP contribution is -2.17. The first kappa shape index (κ1) is 16.8. The van der Waals surface area contributed by atoms with E-state index in [9.17, 15) is 4.79 Å². The van der Waals surface area contributed by atoms with Crippen LogP contribution in [0.25, 0.3) is 0 Å². The molecule has 130 valence electrons. The molecule has 0 aromatic heterocycles. The van der Waals surface area contributed by atoms with Gasteiger partial charge in [-0.15, -0.1) is 0 Å². The molecule has 25 heavy (non-hydrogen) atoms. The van der Waals surface area contributed by atoms with Gasteiger partial charge in [-0.25, -0.2) is 5.43 Å². The monoisotopic (exact) mass is 339 g/mol. The Morgan fingerprint density at radius 3 is 2.68 bits per heavy atom. The third-order valence-corrected chi connectivity index (χ3v) is 3.89. The highest BCUT2D eigenvalue weighted by atomic mass is 16.7. The van der Waals surface area contributed by atoms with Gasteiger partial charge in [0, 0.05) is 26.2 Å². The number of ether oxygens (including phenoxy) is 2. The number of carbonyl (C=O) groups is 1. The molecule has 0 saturated carbocycles. The predicted octanol–water partition coefficient (Wildman–Crippen LogP) is 2.56. The number of anilines is 1. The number of benzene rings is 2. The van der Waals surface area contributed by atoms with Gasteiger partial charge >= 0.3 is 0 Å². The van der Waals surface area contributed by atoms with Crippen molar-refractivity contribution >= 4 is 17.8 Å². The van der Waals surface area contributed by atoms with Gasteiger partial charge in [-0.05, 0) is 41.8 Å². The second kappa shape index (κ2) is 7.70. The molecule has 6 nitrogen and oxygen atoms in total. The largest absolute Gasteiger partial charge is 0.454 e. The molecule has 3 rings (SSSR count). The lowest BCUT2D eigenvalue weighted by molar-refractivity contribution is -0.121. The summed E-state index contributed by atoms with van der Waals surface area (Å²) in [4.78, 5) is 13.9. The first-order valence-electron chi connectivity index (χ1n) is 8.09. The molecule has 1 aliphatic rings. The van der Waals surface area contributed by atoms with E-state index in [0.717, 1.165) is 28.3 Å². The Morgan fingerprint density at radius 2 is 1.92 bits per heavy atom. The minimum Gasteiger partial charge on any atom is -0.454 e. The van der Waals surface area contributed by atoms with E-state index in [0.29, 0.717) is 12.8 Å². The summed E-state index contributed by atoms with van der Waals surface area (Å²) in [7, 11) is 3.98. The van der Waals surface area contributed by atoms with Crippen molar-refractivity contribution < 1.29 is 14.3 Å². The van der Waals surface area contributed by atoms with Gasteiger partial charge in [0.15, 0.2) is 11.5 Å². The zero-order chi connectivity index (χ0) is 17.6. The van der Waals surface area contributed by atoms with Crippen LogP contribution in [0.3, 0.4) is 0 Å². The van der Waals surface area contributed by atoms with Crippen molar-refractivity contribution in [3.05, 3.63) is 53.6 Å². The fourth-order valence-corrected chi connectivity index (χ4v) is 2.45. The van der Waals surface area contributed by atoms with Gasteiger partial charge in [0.25, 0.3) is 0 Å². The molecule has 0 unspecified atom stereocenters. The van der Waals surface area contributed by atoms with Gasteiger partial charge in [-0.1, -0.05) is 18.2 Å². The smallest absolute Gasteiger partial charge is 0.240 e. The standard InChI is InChI=1S/C19H21N3O3/c1-22(2)16-7-3-15(4-8-16)12-20-21-19(23)10-6-14-5-9-17-18(11-14)25-13-24-17/h3-5,7-9,11-12H,6,10,13H2,1-2H3,(H,21,23)/b20-12+. The van der Waals surface area contributed by atoms with Gasteiger partial charge in [-0.3, -0.25) is 4.79 Å². The van der Waals surface area contributed by atoms with Crippen molar-refractivity contribution in [1.29, 1.82) is 0 Å². The average molecular weight is 339 g/mol. The first-order valence-corrected chi connectivity index (χ1v) is 8.09. The molecule has 1 heterocycles. The molecule has 0 saturated heterocycles. The molecular weight excluding hydrogens is 318 g/mol. The molecule has 0 bridgehead atoms. The second-order valence-electron chi connectivity index (χ2n) is 5.97. The summed E-state index contributed by atoms with van der Waals surface area (Å²) >= 11 is 0. The number of nitrogens with zero attached hydrogens (tertiary/aromatic N) is 2. The Bertz CT molecular complexity index is 770. The fourth-order valence-electron chi connectivity index (χ4n) is 2.45. The van der Waals surface area contributed by atoms with Crippen molar-refractivity contribution in [2.75, 3.05) is 25.8 Å². The van der Waals surface area contributed by atoms with Crippen LogP contribution >= 0.6 is 0 Å². The number of hydrazone groups is 1. The molecular formula is C19H21N3O3. The number of carbonyl (C=O) groups excluding carboxylic acids is 1. The van der Waals surface area contributed by atoms with Gasteiger partial charge in [0.05, 0.1) is 6.21 Å². The number of nitrogens with one attached hydrogen (secondary N) is 1. The van der Waals surface area contributed by atoms with Crippen molar-refractivity contribution in [2.45, 2.75) is 12.8 Å². The zero-order valence-corrected chi connectivity index (χ0v) is 14.4. The highest BCUT2D eigenvalue weighted by molar-refractivity contribution is 5.83. The number of fused-ring (bicyclic) bond motifs is 1. The summed E-state index contributed by atoms with van der Waals surface area (Å²) in [6.45, 7) is 0.253. The molecule has 0 fully saturated rings. The van der Waals surface area contributed by atoms with Crippen LogP contribution in [0, 0.1) is 0 Å².